The number of benzene rings is 6. The van der Waals surface area contributed by atoms with E-state index in [-0.39, 0.29) is 199 Å². The summed E-state index contributed by atoms with van der Waals surface area (Å²) in [6, 6.07) is 22.0. The van der Waals surface area contributed by atoms with E-state index in [0.29, 0.717) is 6.07 Å². The van der Waals surface area contributed by atoms with Gasteiger partial charge in [0.15, 0.2) is 9.84 Å². The van der Waals surface area contributed by atoms with Crippen LogP contribution in [0.15, 0.2) is 166 Å². The third-order valence-electron chi connectivity index (χ3n) is 10.2. The van der Waals surface area contributed by atoms with Crippen molar-refractivity contribution in [3.8, 4) is 0 Å². The number of azo groups is 2. The average molecular weight is 1330 g/mol. The monoisotopic (exact) mass is 1330 g/mol. The third-order valence-corrected chi connectivity index (χ3v) is 15.7. The molecular weight excluding hydrogens is 1300 g/mol. The van der Waals surface area contributed by atoms with E-state index in [4.69, 9.17) is 11.5 Å². The van der Waals surface area contributed by atoms with Gasteiger partial charge >= 0.3 is 148 Å². The van der Waals surface area contributed by atoms with Crippen molar-refractivity contribution >= 4 is 141 Å². The molecule has 6 aromatic carbocycles. The summed E-state index contributed by atoms with van der Waals surface area (Å²) in [4.78, 5) is 21.8. The first-order valence-corrected chi connectivity index (χ1v) is 30.0. The van der Waals surface area contributed by atoms with Gasteiger partial charge in [0.05, 0.1) is 53.9 Å². The number of aromatic nitrogens is 3. The molecule has 85 heavy (non-hydrogen) atoms. The van der Waals surface area contributed by atoms with E-state index < -0.39 is 133 Å². The van der Waals surface area contributed by atoms with Gasteiger partial charge in [0.25, 0.3) is 5.91 Å². The van der Waals surface area contributed by atoms with Crippen LogP contribution in [0.4, 0.5) is 74.7 Å². The van der Waals surface area contributed by atoms with Crippen molar-refractivity contribution in [1.29, 1.82) is 0 Å². The number of anilines is 9. The zero-order chi connectivity index (χ0) is 58.6. The van der Waals surface area contributed by atoms with Gasteiger partial charge in [-0.3, -0.25) is 8.98 Å². The van der Waals surface area contributed by atoms with Gasteiger partial charge < -0.3 is 55.5 Å². The second kappa shape index (κ2) is 31.8. The molecule has 8 N–H and O–H groups in total. The number of amides is 1. The fourth-order valence-electron chi connectivity index (χ4n) is 6.56. The normalized spacial score (nSPS) is 11.9. The molecule has 0 spiro atoms. The minimum Gasteiger partial charge on any atom is -0.744 e. The maximum Gasteiger partial charge on any atom is 1.00 e. The van der Waals surface area contributed by atoms with Gasteiger partial charge in [0, 0.05) is 28.3 Å². The van der Waals surface area contributed by atoms with Crippen molar-refractivity contribution in [3.05, 3.63) is 127 Å². The summed E-state index contributed by atoms with van der Waals surface area (Å²) in [5.74, 6) is -2.82. The Bertz CT molecular complexity index is 4320. The summed E-state index contributed by atoms with van der Waals surface area (Å²) in [6.45, 7) is -0.955. The number of nitrogens with one attached hydrogen (secondary N) is 4. The number of sulfone groups is 1. The van der Waals surface area contributed by atoms with Crippen LogP contribution < -0.4 is 181 Å². The fraction of sp³-hybridized carbons (Fsp3) is 0.0476. The molecule has 0 atom stereocenters. The quantitative estimate of drug-likeness (QED) is 0.0128. The van der Waals surface area contributed by atoms with Crippen LogP contribution in [-0.2, 0) is 64.9 Å². The van der Waals surface area contributed by atoms with Crippen LogP contribution in [0.1, 0.15) is 10.4 Å². The molecule has 1 heterocycles. The van der Waals surface area contributed by atoms with E-state index in [0.717, 1.165) is 54.6 Å². The number of carbonyl (C=O) groups excluding carboxylic acids is 1. The molecule has 0 saturated carbocycles. The summed E-state index contributed by atoms with van der Waals surface area (Å²) < 4.78 is 206. The van der Waals surface area contributed by atoms with Crippen molar-refractivity contribution in [3.63, 3.8) is 0 Å². The zero-order valence-electron chi connectivity index (χ0n) is 44.5. The van der Waals surface area contributed by atoms with Gasteiger partial charge in [0.2, 0.25) is 28.2 Å². The van der Waals surface area contributed by atoms with Crippen LogP contribution in [-0.4, -0.2) is 106 Å². The van der Waals surface area contributed by atoms with E-state index in [1.807, 2.05) is 0 Å². The minimum atomic E-state index is -5.48. The van der Waals surface area contributed by atoms with Gasteiger partial charge in [-0.2, -0.15) is 20.1 Å². The number of nitrogens with two attached hydrogens (primary N) is 2. The molecule has 0 aliphatic carbocycles. The molecule has 0 radical (unpaired) electrons. The molecule has 32 nitrogen and oxygen atoms in total. The molecule has 420 valence electrons. The number of nitrogens with zero attached hydrogens (tertiary/aromatic N) is 7. The standard InChI is InChI=1S/C42H37N13O19S6.5Na/c43-36-33(22-35(79(68,69)70)37(44)38(36)55-52-24-12-10-23(11-13-24)39(56)45-25-4-1-7-29(18-25)75(57,58)17-16-74-80(71,72)73)54-53-32-21-28(14-15-34(32)78(65,66)67)48-42-50-40(46-26-5-2-8-30(19-26)76(59,60)61)49-41(51-42)47-27-6-3-9-31(20-27)77(62,63)64;;;;;/h1-15,18-22H,16-17,43-44H2,(H,45,56)(H,59,60,61)(H,62,63,64)(H,65,66,67)(H,68,69,70)(H,71,72,73)(H3,46,47,48,49,50,51);;;;;/q;5*+1/p-5. The van der Waals surface area contributed by atoms with E-state index in [1.54, 1.807) is 0 Å². The average Bonchev–Trinajstić information content (AvgIpc) is 3.52. The predicted molar refractivity (Wildman–Crippen MR) is 273 cm³/mol. The van der Waals surface area contributed by atoms with Crippen LogP contribution in [0.3, 0.4) is 0 Å². The molecule has 0 saturated heterocycles. The van der Waals surface area contributed by atoms with Gasteiger partial charge in [-0.15, -0.1) is 15.3 Å². The van der Waals surface area contributed by atoms with E-state index in [9.17, 15) is 78.1 Å². The van der Waals surface area contributed by atoms with Crippen molar-refractivity contribution in [1.82, 2.24) is 15.0 Å². The molecule has 0 unspecified atom stereocenters. The summed E-state index contributed by atoms with van der Waals surface area (Å²) in [7, 11) is -30.1. The Labute approximate surface area is 595 Å². The Morgan fingerprint density at radius 3 is 1.39 bits per heavy atom. The Morgan fingerprint density at radius 2 is 0.918 bits per heavy atom. The van der Waals surface area contributed by atoms with E-state index in [1.165, 1.54) is 60.7 Å². The number of hydrogen-bond acceptors (Lipinski definition) is 31. The maximum absolute atomic E-state index is 13.1. The molecule has 0 fully saturated rings. The van der Waals surface area contributed by atoms with Crippen molar-refractivity contribution in [2.45, 2.75) is 24.5 Å². The first kappa shape index (κ1) is 77.6. The van der Waals surface area contributed by atoms with Crippen molar-refractivity contribution < 1.29 is 230 Å². The predicted octanol–water partition coefficient (Wildman–Crippen LogP) is -10.8. The molecular formula is C42H32N13Na5O19S6. The molecule has 0 aliphatic heterocycles. The van der Waals surface area contributed by atoms with E-state index >= 15 is 0 Å². The fourth-order valence-corrected chi connectivity index (χ4v) is 10.3. The summed E-state index contributed by atoms with van der Waals surface area (Å²) in [6.07, 6.45) is 0. The number of rotatable bonds is 21. The SMILES string of the molecule is Nc1c(N=Nc2cc(Nc3nc(Nc4cccc(S(=O)(=O)[O-])c4)nc(Nc4cccc(S(=O)(=O)[O-])c4)n3)ccc2S(=O)(=O)[O-])cc(S(=O)(=O)[O-])c(N)c1N=Nc1ccc(C(=O)Nc2cccc(S(=O)(=O)CCOS(=O)(=O)[O-])c2)cc1.[Na+].[Na+].[Na+].[Na+].[Na+]. The van der Waals surface area contributed by atoms with Gasteiger partial charge in [-0.1, -0.05) is 18.2 Å². The first-order chi connectivity index (χ1) is 37.2. The van der Waals surface area contributed by atoms with Crippen LogP contribution in [0.5, 0.6) is 0 Å². The smallest absolute Gasteiger partial charge is 0.744 e. The molecule has 1 aromatic heterocycles. The van der Waals surface area contributed by atoms with Crippen molar-refractivity contribution in [2.75, 3.05) is 45.1 Å². The number of carbonyl (C=O) groups is 1. The van der Waals surface area contributed by atoms with Gasteiger partial charge in [0.1, 0.15) is 57.5 Å². The van der Waals surface area contributed by atoms with Crippen LogP contribution in [0.25, 0.3) is 0 Å². The zero-order valence-corrected chi connectivity index (χ0v) is 59.4. The molecule has 7 aromatic rings. The molecule has 0 aliphatic rings. The summed E-state index contributed by atoms with van der Waals surface area (Å²) >= 11 is 0. The van der Waals surface area contributed by atoms with Gasteiger partial charge in [-0.05, 0) is 103 Å². The molecule has 43 heteroatoms. The second-order valence-corrected chi connectivity index (χ2v) is 24.4. The summed E-state index contributed by atoms with van der Waals surface area (Å²) in [5, 5.41) is 25.9. The second-order valence-electron chi connectivity index (χ2n) is 15.8. The maximum atomic E-state index is 13.1. The number of nitrogen functional groups attached to an aromatic ring is 2. The van der Waals surface area contributed by atoms with Crippen molar-refractivity contribution in [2.24, 2.45) is 20.5 Å². The minimum absolute atomic E-state index is 0. The van der Waals surface area contributed by atoms with E-state index in [2.05, 4.69) is 60.9 Å². The molecule has 1 amide bonds. The Hall–Kier alpha value is -3.54. The molecule has 7 rings (SSSR count). The van der Waals surface area contributed by atoms with Crippen LogP contribution in [0.2, 0.25) is 0 Å². The molecule has 0 bridgehead atoms. The Balaban J connectivity index is 0.00000493. The third kappa shape index (κ3) is 22.2. The largest absolute Gasteiger partial charge is 1.00 e. The van der Waals surface area contributed by atoms with Crippen LogP contribution >= 0.6 is 0 Å². The topological polar surface area (TPSA) is 535 Å². The van der Waals surface area contributed by atoms with Crippen LogP contribution in [0, 0.1) is 0 Å². The Morgan fingerprint density at radius 1 is 0.471 bits per heavy atom. The van der Waals surface area contributed by atoms with Gasteiger partial charge in [-0.25, -0.2) is 50.5 Å². The Kier molecular flexibility index (Phi) is 29.0. The first-order valence-electron chi connectivity index (χ1n) is 21.4. The summed E-state index contributed by atoms with van der Waals surface area (Å²) in [5.41, 5.74) is 8.40. The number of hydrogen-bond donors (Lipinski definition) is 6.